The van der Waals surface area contributed by atoms with E-state index in [1.165, 1.54) is 11.8 Å². The molecule has 0 radical (unpaired) electrons. The predicted molar refractivity (Wildman–Crippen MR) is 189 cm³/mol. The molecule has 0 saturated heterocycles. The van der Waals surface area contributed by atoms with Crippen molar-refractivity contribution in [2.45, 2.75) is 102 Å². The summed E-state index contributed by atoms with van der Waals surface area (Å²) >= 11 is 0. The van der Waals surface area contributed by atoms with E-state index in [0.717, 1.165) is 5.56 Å². The van der Waals surface area contributed by atoms with E-state index in [4.69, 9.17) is 14.2 Å². The number of hydrogen-bond acceptors (Lipinski definition) is 9. The van der Waals surface area contributed by atoms with E-state index in [-0.39, 0.29) is 56.7 Å². The zero-order chi connectivity index (χ0) is 38.2. The number of nitrogens with zero attached hydrogens (tertiary/aromatic N) is 1. The van der Waals surface area contributed by atoms with Crippen LogP contribution in [-0.4, -0.2) is 79.0 Å². The molecule has 1 aromatic carbocycles. The van der Waals surface area contributed by atoms with Crippen LogP contribution in [-0.2, 0) is 44.8 Å². The van der Waals surface area contributed by atoms with E-state index in [9.17, 15) is 28.8 Å². The van der Waals surface area contributed by atoms with Crippen molar-refractivity contribution in [2.24, 2.45) is 22.2 Å². The first-order chi connectivity index (χ1) is 22.9. The summed E-state index contributed by atoms with van der Waals surface area (Å²) in [5.74, 6) is -2.31. The van der Waals surface area contributed by atoms with Crippen molar-refractivity contribution in [3.05, 3.63) is 41.0 Å². The van der Waals surface area contributed by atoms with Gasteiger partial charge in [0.05, 0.1) is 25.2 Å². The number of imide groups is 1. The van der Waals surface area contributed by atoms with Gasteiger partial charge in [-0.05, 0) is 62.1 Å². The molecule has 13 heteroatoms. The Balaban J connectivity index is 1.79. The van der Waals surface area contributed by atoms with Gasteiger partial charge in [-0.25, -0.2) is 4.79 Å². The summed E-state index contributed by atoms with van der Waals surface area (Å²) in [5, 5.41) is 7.88. The molecule has 0 aromatic heterocycles. The van der Waals surface area contributed by atoms with E-state index in [0.29, 0.717) is 16.8 Å². The lowest BCUT2D eigenvalue weighted by molar-refractivity contribution is -0.154. The first-order valence-corrected chi connectivity index (χ1v) is 16.9. The van der Waals surface area contributed by atoms with Crippen LogP contribution < -0.4 is 16.0 Å². The van der Waals surface area contributed by atoms with E-state index >= 15 is 0 Å². The first kappa shape index (κ1) is 41.9. The molecular weight excluding hydrogens is 644 g/mol. The van der Waals surface area contributed by atoms with E-state index in [1.807, 2.05) is 41.5 Å². The highest BCUT2D eigenvalue weighted by Gasteiger charge is 2.46. The van der Waals surface area contributed by atoms with Crippen molar-refractivity contribution in [3.63, 3.8) is 0 Å². The maximum atomic E-state index is 13.1. The molecule has 278 valence electrons. The van der Waals surface area contributed by atoms with Crippen LogP contribution in [0, 0.1) is 22.2 Å². The molecule has 0 bridgehead atoms. The number of nitrogens with one attached hydrogen (secondary N) is 3. The SMILES string of the molecule is CC(C)[C@H](NC(=O)OCCOCCN1C(=O)C(C(C)(C)C)=C(C(C)(C)C)C1=O)C(=O)N[C@@H](C)C(=O)Nc1ccc(COC(=O)C(C)(C)C)cc1. The number of carbonyl (C=O) groups is 6. The highest BCUT2D eigenvalue weighted by Crippen LogP contribution is 2.42. The zero-order valence-corrected chi connectivity index (χ0v) is 31.7. The minimum absolute atomic E-state index is 0.00805. The molecule has 5 amide bonds. The first-order valence-electron chi connectivity index (χ1n) is 16.9. The van der Waals surface area contributed by atoms with Crippen molar-refractivity contribution < 1.29 is 43.0 Å². The molecule has 0 aliphatic carbocycles. The Morgan fingerprint density at radius 1 is 0.720 bits per heavy atom. The quantitative estimate of drug-likeness (QED) is 0.141. The fraction of sp³-hybridized carbons (Fsp3) is 0.622. The van der Waals surface area contributed by atoms with Gasteiger partial charge in [0, 0.05) is 16.8 Å². The predicted octanol–water partition coefficient (Wildman–Crippen LogP) is 4.74. The Morgan fingerprint density at radius 2 is 1.26 bits per heavy atom. The highest BCUT2D eigenvalue weighted by molar-refractivity contribution is 6.20. The second-order valence-corrected chi connectivity index (χ2v) is 15.9. The van der Waals surface area contributed by atoms with Crippen LogP contribution in [0.25, 0.3) is 0 Å². The third kappa shape index (κ3) is 12.0. The highest BCUT2D eigenvalue weighted by atomic mass is 16.6. The Bertz CT molecular complexity index is 1410. The van der Waals surface area contributed by atoms with Gasteiger partial charge in [0.15, 0.2) is 0 Å². The fourth-order valence-corrected chi connectivity index (χ4v) is 4.99. The molecule has 0 fully saturated rings. The number of anilines is 1. The van der Waals surface area contributed by atoms with Crippen molar-refractivity contribution in [2.75, 3.05) is 31.7 Å². The number of hydrogen-bond donors (Lipinski definition) is 3. The molecule has 2 atom stereocenters. The molecule has 0 unspecified atom stereocenters. The molecule has 0 spiro atoms. The number of alkyl carbamates (subject to hydrolysis) is 1. The summed E-state index contributed by atoms with van der Waals surface area (Å²) in [4.78, 5) is 77.8. The lowest BCUT2D eigenvalue weighted by atomic mass is 9.76. The molecule has 1 aromatic rings. The van der Waals surface area contributed by atoms with Crippen molar-refractivity contribution in [3.8, 4) is 0 Å². The Morgan fingerprint density at radius 3 is 1.74 bits per heavy atom. The van der Waals surface area contributed by atoms with Crippen molar-refractivity contribution in [1.82, 2.24) is 15.5 Å². The normalized spacial score (nSPS) is 15.2. The lowest BCUT2D eigenvalue weighted by Gasteiger charge is -2.25. The monoisotopic (exact) mass is 700 g/mol. The summed E-state index contributed by atoms with van der Waals surface area (Å²) in [6, 6.07) is 4.87. The Hall–Kier alpha value is -4.26. The average molecular weight is 701 g/mol. The van der Waals surface area contributed by atoms with Crippen molar-refractivity contribution in [1.29, 1.82) is 0 Å². The Labute approximate surface area is 296 Å². The van der Waals surface area contributed by atoms with Gasteiger partial charge in [0.25, 0.3) is 11.8 Å². The van der Waals surface area contributed by atoms with Gasteiger partial charge in [0.1, 0.15) is 25.3 Å². The number of amides is 5. The van der Waals surface area contributed by atoms with Crippen LogP contribution in [0.5, 0.6) is 0 Å². The summed E-state index contributed by atoms with van der Waals surface area (Å²) in [7, 11) is 0. The third-order valence-electron chi connectivity index (χ3n) is 7.77. The second-order valence-electron chi connectivity index (χ2n) is 15.9. The van der Waals surface area contributed by atoms with Crippen LogP contribution in [0.4, 0.5) is 10.5 Å². The molecule has 0 saturated carbocycles. The number of benzene rings is 1. The van der Waals surface area contributed by atoms with Gasteiger partial charge in [-0.1, -0.05) is 67.5 Å². The second kappa shape index (κ2) is 17.1. The van der Waals surface area contributed by atoms with Crippen LogP contribution in [0.3, 0.4) is 0 Å². The van der Waals surface area contributed by atoms with Gasteiger partial charge >= 0.3 is 12.1 Å². The van der Waals surface area contributed by atoms with Gasteiger partial charge in [-0.15, -0.1) is 0 Å². The maximum Gasteiger partial charge on any atom is 0.407 e. The third-order valence-corrected chi connectivity index (χ3v) is 7.77. The molecular formula is C37H56N4O9. The summed E-state index contributed by atoms with van der Waals surface area (Å²) in [6.07, 6.45) is -0.841. The maximum absolute atomic E-state index is 13.1. The molecule has 50 heavy (non-hydrogen) atoms. The molecule has 1 heterocycles. The van der Waals surface area contributed by atoms with Crippen LogP contribution in [0.15, 0.2) is 35.4 Å². The number of ether oxygens (including phenoxy) is 3. The van der Waals surface area contributed by atoms with Crippen LogP contribution >= 0.6 is 0 Å². The summed E-state index contributed by atoms with van der Waals surface area (Å²) < 4.78 is 16.0. The largest absolute Gasteiger partial charge is 0.460 e. The number of esters is 1. The molecule has 3 N–H and O–H groups in total. The van der Waals surface area contributed by atoms with Gasteiger partial charge in [0.2, 0.25) is 11.8 Å². The minimum atomic E-state index is -0.984. The molecule has 1 aliphatic heterocycles. The smallest absolute Gasteiger partial charge is 0.407 e. The van der Waals surface area contributed by atoms with Gasteiger partial charge < -0.3 is 30.2 Å². The fourth-order valence-electron chi connectivity index (χ4n) is 4.99. The molecule has 1 aliphatic rings. The Kier molecular flexibility index (Phi) is 14.3. The topological polar surface area (TPSA) is 169 Å². The molecule has 2 rings (SSSR count). The van der Waals surface area contributed by atoms with Crippen LogP contribution in [0.1, 0.15) is 88.6 Å². The van der Waals surface area contributed by atoms with Crippen LogP contribution in [0.2, 0.25) is 0 Å². The summed E-state index contributed by atoms with van der Waals surface area (Å²) in [5.41, 5.74) is 0.662. The minimum Gasteiger partial charge on any atom is -0.460 e. The van der Waals surface area contributed by atoms with Crippen molar-refractivity contribution >= 4 is 41.4 Å². The lowest BCUT2D eigenvalue weighted by Crippen LogP contribution is -2.53. The van der Waals surface area contributed by atoms with Gasteiger partial charge in [-0.2, -0.15) is 0 Å². The van der Waals surface area contributed by atoms with Gasteiger partial charge in [-0.3, -0.25) is 28.9 Å². The van der Waals surface area contributed by atoms with E-state index in [2.05, 4.69) is 16.0 Å². The standard InChI is InChI=1S/C37H56N4O9/c1-22(2)28(30(43)38-23(3)29(42)39-25-15-13-24(14-16-25)21-50-33(46)37(10,11)12)40-34(47)49-20-19-48-18-17-41-31(44)26(35(4,5)6)27(32(41)45)36(7,8)9/h13-16,22-23,28H,17-21H2,1-12H3,(H,38,43)(H,39,42)(H,40,47)/t23-,28-/m0/s1. The molecule has 13 nitrogen and oxygen atoms in total. The zero-order valence-electron chi connectivity index (χ0n) is 31.7. The number of rotatable bonds is 14. The summed E-state index contributed by atoms with van der Waals surface area (Å²) in [6.45, 7) is 21.9. The van der Waals surface area contributed by atoms with E-state index in [1.54, 1.807) is 58.9 Å². The van der Waals surface area contributed by atoms with E-state index < -0.39 is 46.2 Å². The average Bonchev–Trinajstić information content (AvgIpc) is 3.26. The number of carbonyl (C=O) groups excluding carboxylic acids is 6.